The Balaban J connectivity index is 1.63. The molecule has 1 fully saturated rings. The normalized spacial score (nSPS) is 16.3. The lowest BCUT2D eigenvalue weighted by molar-refractivity contribution is -0.0244. The molecule has 2 aromatic rings. The third-order valence-corrected chi connectivity index (χ3v) is 4.49. The van der Waals surface area contributed by atoms with Crippen molar-refractivity contribution in [2.75, 3.05) is 19.7 Å². The van der Waals surface area contributed by atoms with Crippen molar-refractivity contribution in [3.05, 3.63) is 60.2 Å². The van der Waals surface area contributed by atoms with E-state index in [2.05, 4.69) is 0 Å². The molecule has 1 amide bonds. The number of piperidine rings is 1. The van der Waals surface area contributed by atoms with Crippen molar-refractivity contribution in [2.45, 2.75) is 25.4 Å². The highest BCUT2D eigenvalue weighted by Gasteiger charge is 2.35. The van der Waals surface area contributed by atoms with Gasteiger partial charge >= 0.3 is 6.09 Å². The summed E-state index contributed by atoms with van der Waals surface area (Å²) < 4.78 is 10.8. The fourth-order valence-electron chi connectivity index (χ4n) is 3.02. The van der Waals surface area contributed by atoms with E-state index < -0.39 is 5.60 Å². The third kappa shape index (κ3) is 4.12. The third-order valence-electron chi connectivity index (χ3n) is 4.49. The molecule has 0 spiro atoms. The molecule has 1 aliphatic heterocycles. The molecule has 0 atom stereocenters. The van der Waals surface area contributed by atoms with Gasteiger partial charge in [0.2, 0.25) is 0 Å². The first kappa shape index (κ1) is 17.3. The van der Waals surface area contributed by atoms with E-state index in [-0.39, 0.29) is 6.09 Å². The zero-order valence-corrected chi connectivity index (χ0v) is 14.4. The lowest BCUT2D eigenvalue weighted by atomic mass is 9.84. The molecule has 1 aliphatic rings. The lowest BCUT2D eigenvalue weighted by Gasteiger charge is -2.38. The van der Waals surface area contributed by atoms with E-state index in [1.165, 1.54) is 0 Å². The van der Waals surface area contributed by atoms with Gasteiger partial charge in [-0.25, -0.2) is 4.79 Å². The van der Waals surface area contributed by atoms with Gasteiger partial charge in [-0.05, 0) is 49.6 Å². The van der Waals surface area contributed by atoms with Crippen LogP contribution in [0.1, 0.15) is 25.3 Å². The number of nitrogens with zero attached hydrogens (tertiary/aromatic N) is 1. The SMILES string of the molecule is CCOC(=O)N1CCC(O)(c2ccc(Oc3ccccc3)cc2)CC1. The Morgan fingerprint density at radius 2 is 1.64 bits per heavy atom. The predicted molar refractivity (Wildman–Crippen MR) is 94.7 cm³/mol. The summed E-state index contributed by atoms with van der Waals surface area (Å²) >= 11 is 0. The van der Waals surface area contributed by atoms with E-state index in [9.17, 15) is 9.90 Å². The lowest BCUT2D eigenvalue weighted by Crippen LogP contribution is -2.45. The molecule has 0 aromatic heterocycles. The van der Waals surface area contributed by atoms with Crippen molar-refractivity contribution in [1.29, 1.82) is 0 Å². The Labute approximate surface area is 147 Å². The highest BCUT2D eigenvalue weighted by atomic mass is 16.6. The van der Waals surface area contributed by atoms with Crippen LogP contribution >= 0.6 is 0 Å². The fourth-order valence-corrected chi connectivity index (χ4v) is 3.02. The van der Waals surface area contributed by atoms with Gasteiger partial charge < -0.3 is 19.5 Å². The average molecular weight is 341 g/mol. The minimum atomic E-state index is -0.922. The van der Waals surface area contributed by atoms with Crippen molar-refractivity contribution in [3.8, 4) is 11.5 Å². The van der Waals surface area contributed by atoms with E-state index in [0.29, 0.717) is 32.5 Å². The summed E-state index contributed by atoms with van der Waals surface area (Å²) in [4.78, 5) is 13.4. The Bertz CT molecular complexity index is 691. The van der Waals surface area contributed by atoms with Crippen molar-refractivity contribution >= 4 is 6.09 Å². The maximum Gasteiger partial charge on any atom is 0.409 e. The van der Waals surface area contributed by atoms with Gasteiger partial charge in [-0.3, -0.25) is 0 Å². The molecule has 0 aliphatic carbocycles. The van der Waals surface area contributed by atoms with Crippen molar-refractivity contribution in [2.24, 2.45) is 0 Å². The Morgan fingerprint density at radius 3 is 2.24 bits per heavy atom. The van der Waals surface area contributed by atoms with E-state index in [1.54, 1.807) is 11.8 Å². The maximum absolute atomic E-state index is 11.8. The molecule has 132 valence electrons. The molecule has 0 radical (unpaired) electrons. The number of amides is 1. The summed E-state index contributed by atoms with van der Waals surface area (Å²) in [6.45, 7) is 3.12. The summed E-state index contributed by atoms with van der Waals surface area (Å²) in [5.74, 6) is 1.50. The molecule has 5 nitrogen and oxygen atoms in total. The van der Waals surface area contributed by atoms with Crippen LogP contribution in [0.3, 0.4) is 0 Å². The molecule has 2 aromatic carbocycles. The number of hydrogen-bond acceptors (Lipinski definition) is 4. The van der Waals surface area contributed by atoms with Crippen molar-refractivity contribution in [1.82, 2.24) is 4.90 Å². The number of rotatable bonds is 4. The van der Waals surface area contributed by atoms with E-state index in [1.807, 2.05) is 54.6 Å². The molecule has 25 heavy (non-hydrogen) atoms. The van der Waals surface area contributed by atoms with E-state index in [0.717, 1.165) is 17.1 Å². The molecule has 0 unspecified atom stereocenters. The van der Waals surface area contributed by atoms with Crippen molar-refractivity contribution < 1.29 is 19.4 Å². The minimum Gasteiger partial charge on any atom is -0.457 e. The van der Waals surface area contributed by atoms with Crippen LogP contribution in [0.15, 0.2) is 54.6 Å². The fraction of sp³-hybridized carbons (Fsp3) is 0.350. The molecule has 3 rings (SSSR count). The molecule has 5 heteroatoms. The van der Waals surface area contributed by atoms with Gasteiger partial charge in [0.15, 0.2) is 0 Å². The van der Waals surface area contributed by atoms with Gasteiger partial charge in [0.25, 0.3) is 0 Å². The van der Waals surface area contributed by atoms with Crippen LogP contribution in [-0.4, -0.2) is 35.8 Å². The summed E-state index contributed by atoms with van der Waals surface area (Å²) in [6.07, 6.45) is 0.672. The summed E-state index contributed by atoms with van der Waals surface area (Å²) in [5.41, 5.74) is -0.0784. The van der Waals surface area contributed by atoms with Crippen molar-refractivity contribution in [3.63, 3.8) is 0 Å². The van der Waals surface area contributed by atoms with Crippen LogP contribution in [0.25, 0.3) is 0 Å². The highest BCUT2D eigenvalue weighted by Crippen LogP contribution is 2.34. The smallest absolute Gasteiger partial charge is 0.409 e. The van der Waals surface area contributed by atoms with E-state index in [4.69, 9.17) is 9.47 Å². The summed E-state index contributed by atoms with van der Waals surface area (Å²) in [5, 5.41) is 10.9. The number of hydrogen-bond donors (Lipinski definition) is 1. The number of benzene rings is 2. The predicted octanol–water partition coefficient (Wildman–Crippen LogP) is 3.92. The van der Waals surface area contributed by atoms with Gasteiger partial charge in [-0.2, -0.15) is 0 Å². The second-order valence-electron chi connectivity index (χ2n) is 6.16. The second-order valence-corrected chi connectivity index (χ2v) is 6.16. The molecular formula is C20H23NO4. The van der Waals surface area contributed by atoms with Gasteiger partial charge in [0, 0.05) is 13.1 Å². The molecule has 0 bridgehead atoms. The van der Waals surface area contributed by atoms with Crippen LogP contribution in [0, 0.1) is 0 Å². The standard InChI is InChI=1S/C20H23NO4/c1-2-24-19(22)21-14-12-20(23,13-15-21)16-8-10-18(11-9-16)25-17-6-4-3-5-7-17/h3-11,23H,2,12-15H2,1H3. The number of ether oxygens (including phenoxy) is 2. The maximum atomic E-state index is 11.8. The molecule has 1 heterocycles. The average Bonchev–Trinajstić information content (AvgIpc) is 2.64. The summed E-state index contributed by atoms with van der Waals surface area (Å²) in [7, 11) is 0. The minimum absolute atomic E-state index is 0.309. The zero-order valence-electron chi connectivity index (χ0n) is 14.4. The Kier molecular flexibility index (Phi) is 5.24. The van der Waals surface area contributed by atoms with Crippen LogP contribution in [0.2, 0.25) is 0 Å². The first-order chi connectivity index (χ1) is 12.1. The largest absolute Gasteiger partial charge is 0.457 e. The van der Waals surface area contributed by atoms with Crippen LogP contribution in [-0.2, 0) is 10.3 Å². The van der Waals surface area contributed by atoms with Crippen LogP contribution in [0.5, 0.6) is 11.5 Å². The van der Waals surface area contributed by atoms with Gasteiger partial charge in [-0.15, -0.1) is 0 Å². The van der Waals surface area contributed by atoms with E-state index >= 15 is 0 Å². The van der Waals surface area contributed by atoms with Gasteiger partial charge in [0.1, 0.15) is 11.5 Å². The molecule has 1 N–H and O–H groups in total. The topological polar surface area (TPSA) is 59.0 Å². The number of carbonyl (C=O) groups is 1. The number of para-hydroxylation sites is 1. The molecular weight excluding hydrogens is 318 g/mol. The number of likely N-dealkylation sites (tertiary alicyclic amines) is 1. The van der Waals surface area contributed by atoms with Crippen LogP contribution in [0.4, 0.5) is 4.79 Å². The zero-order chi connectivity index (χ0) is 17.7. The highest BCUT2D eigenvalue weighted by molar-refractivity contribution is 5.67. The molecule has 1 saturated heterocycles. The monoisotopic (exact) mass is 341 g/mol. The Morgan fingerprint density at radius 1 is 1.04 bits per heavy atom. The molecule has 0 saturated carbocycles. The van der Waals surface area contributed by atoms with Crippen LogP contribution < -0.4 is 4.74 Å². The quantitative estimate of drug-likeness (QED) is 0.916. The Hall–Kier alpha value is -2.53. The number of carbonyl (C=O) groups excluding carboxylic acids is 1. The second kappa shape index (κ2) is 7.57. The first-order valence-corrected chi connectivity index (χ1v) is 8.58. The van der Waals surface area contributed by atoms with Gasteiger partial charge in [0.05, 0.1) is 12.2 Å². The van der Waals surface area contributed by atoms with Gasteiger partial charge in [-0.1, -0.05) is 30.3 Å². The summed E-state index contributed by atoms with van der Waals surface area (Å²) in [6, 6.07) is 17.1. The number of aliphatic hydroxyl groups is 1. The first-order valence-electron chi connectivity index (χ1n) is 8.58.